The lowest BCUT2D eigenvalue weighted by Gasteiger charge is -2.33. The molecule has 182 valence electrons. The van der Waals surface area contributed by atoms with E-state index >= 15 is 0 Å². The van der Waals surface area contributed by atoms with E-state index in [0.29, 0.717) is 29.6 Å². The van der Waals surface area contributed by atoms with Crippen LogP contribution in [0.5, 0.6) is 0 Å². The maximum Gasteiger partial charge on any atom is 0.210 e. The predicted octanol–water partition coefficient (Wildman–Crippen LogP) is 5.41. The van der Waals surface area contributed by atoms with Crippen LogP contribution >= 0.6 is 11.6 Å². The number of nitrogens with zero attached hydrogens (tertiary/aromatic N) is 4. The molecule has 0 radical (unpaired) electrons. The Kier molecular flexibility index (Phi) is 6.73. The van der Waals surface area contributed by atoms with Gasteiger partial charge in [-0.25, -0.2) is 19.3 Å². The first-order chi connectivity index (χ1) is 16.5. The molecular weight excluding hydrogens is 455 g/mol. The van der Waals surface area contributed by atoms with Gasteiger partial charge < -0.3 is 15.8 Å². The van der Waals surface area contributed by atoms with E-state index in [4.69, 9.17) is 32.0 Å². The first kappa shape index (κ1) is 23.5. The van der Waals surface area contributed by atoms with Crippen molar-refractivity contribution >= 4 is 34.4 Å². The standard InChI is InChI=1S/C25H32ClFN6O/c1-25(9-11-34-12-10-25)13-21-29-15-20-23(32-21)33(17-7-5-16(14-28)6-8-17)24(31-20)30-19-4-2-3-18(26)22(19)27/h2-4,15-17H,5-14,28H2,1H3,(H,30,31). The minimum absolute atomic E-state index is 0.0721. The summed E-state index contributed by atoms with van der Waals surface area (Å²) in [4.78, 5) is 14.4. The lowest BCUT2D eigenvalue weighted by Crippen LogP contribution is -2.29. The van der Waals surface area contributed by atoms with Gasteiger partial charge in [-0.05, 0) is 68.5 Å². The Morgan fingerprint density at radius 3 is 2.71 bits per heavy atom. The summed E-state index contributed by atoms with van der Waals surface area (Å²) in [7, 11) is 0. The number of ether oxygens (including phenoxy) is 1. The van der Waals surface area contributed by atoms with Gasteiger partial charge in [0.25, 0.3) is 0 Å². The summed E-state index contributed by atoms with van der Waals surface area (Å²) >= 11 is 6.02. The van der Waals surface area contributed by atoms with Crippen LogP contribution in [0.1, 0.15) is 57.3 Å². The fourth-order valence-corrected chi connectivity index (χ4v) is 5.40. The Hall–Kier alpha value is -2.29. The second-order valence-electron chi connectivity index (χ2n) is 10.0. The van der Waals surface area contributed by atoms with E-state index in [1.807, 2.05) is 0 Å². The van der Waals surface area contributed by atoms with Gasteiger partial charge in [-0.2, -0.15) is 0 Å². The first-order valence-corrected chi connectivity index (χ1v) is 12.6. The van der Waals surface area contributed by atoms with Crippen molar-refractivity contribution in [2.75, 3.05) is 25.1 Å². The highest BCUT2D eigenvalue weighted by Crippen LogP contribution is 2.38. The molecule has 0 amide bonds. The van der Waals surface area contributed by atoms with E-state index < -0.39 is 5.82 Å². The largest absolute Gasteiger partial charge is 0.381 e. The van der Waals surface area contributed by atoms with Crippen LogP contribution in [0.4, 0.5) is 16.0 Å². The molecule has 9 heteroatoms. The summed E-state index contributed by atoms with van der Waals surface area (Å²) in [5, 5.41) is 3.26. The molecule has 0 spiro atoms. The highest BCUT2D eigenvalue weighted by atomic mass is 35.5. The number of nitrogens with two attached hydrogens (primary N) is 1. The van der Waals surface area contributed by atoms with Gasteiger partial charge in [0.2, 0.25) is 5.95 Å². The van der Waals surface area contributed by atoms with E-state index in [-0.39, 0.29) is 16.5 Å². The van der Waals surface area contributed by atoms with Crippen LogP contribution in [0.15, 0.2) is 24.4 Å². The normalized spacial score (nSPS) is 22.7. The van der Waals surface area contributed by atoms with Crippen LogP contribution in [0.2, 0.25) is 5.02 Å². The minimum Gasteiger partial charge on any atom is -0.381 e. The summed E-state index contributed by atoms with van der Waals surface area (Å²) in [6, 6.07) is 5.13. The maximum atomic E-state index is 14.7. The highest BCUT2D eigenvalue weighted by molar-refractivity contribution is 6.31. The monoisotopic (exact) mass is 486 g/mol. The number of hydrogen-bond donors (Lipinski definition) is 2. The molecule has 7 nitrogen and oxygen atoms in total. The molecule has 1 saturated heterocycles. The van der Waals surface area contributed by atoms with Gasteiger partial charge in [0, 0.05) is 25.7 Å². The summed E-state index contributed by atoms with van der Waals surface area (Å²) in [6.45, 7) is 4.55. The van der Waals surface area contributed by atoms with Crippen LogP contribution < -0.4 is 11.1 Å². The van der Waals surface area contributed by atoms with Gasteiger partial charge in [0.1, 0.15) is 11.3 Å². The highest BCUT2D eigenvalue weighted by Gasteiger charge is 2.30. The molecule has 2 aromatic heterocycles. The summed E-state index contributed by atoms with van der Waals surface area (Å²) in [6.07, 6.45) is 8.66. The molecule has 0 unspecified atom stereocenters. The van der Waals surface area contributed by atoms with Crippen molar-refractivity contribution in [1.29, 1.82) is 0 Å². The Morgan fingerprint density at radius 1 is 1.21 bits per heavy atom. The van der Waals surface area contributed by atoms with Crippen molar-refractivity contribution < 1.29 is 9.13 Å². The third kappa shape index (κ3) is 4.76. The van der Waals surface area contributed by atoms with E-state index in [0.717, 1.165) is 69.6 Å². The number of rotatable bonds is 6. The van der Waals surface area contributed by atoms with Gasteiger partial charge >= 0.3 is 0 Å². The van der Waals surface area contributed by atoms with Crippen molar-refractivity contribution in [2.45, 2.75) is 57.9 Å². The molecule has 1 aliphatic heterocycles. The molecule has 0 bridgehead atoms. The summed E-state index contributed by atoms with van der Waals surface area (Å²) < 4.78 is 22.4. The Balaban J connectivity index is 1.53. The molecule has 1 aliphatic carbocycles. The molecule has 1 aromatic carbocycles. The van der Waals surface area contributed by atoms with Crippen molar-refractivity contribution in [3.05, 3.63) is 41.1 Å². The third-order valence-corrected chi connectivity index (χ3v) is 7.77. The van der Waals surface area contributed by atoms with Crippen molar-refractivity contribution in [3.8, 4) is 0 Å². The Bertz CT molecular complexity index is 1150. The average Bonchev–Trinajstić information content (AvgIpc) is 3.19. The van der Waals surface area contributed by atoms with Gasteiger partial charge in [0.05, 0.1) is 16.9 Å². The quantitative estimate of drug-likeness (QED) is 0.484. The van der Waals surface area contributed by atoms with Crippen LogP contribution in [0.3, 0.4) is 0 Å². The fraction of sp³-hybridized carbons (Fsp3) is 0.560. The summed E-state index contributed by atoms with van der Waals surface area (Å²) in [5.41, 5.74) is 7.84. The van der Waals surface area contributed by atoms with Crippen molar-refractivity contribution in [2.24, 2.45) is 17.1 Å². The molecule has 3 heterocycles. The zero-order valence-corrected chi connectivity index (χ0v) is 20.3. The molecular formula is C25H32ClFN6O. The van der Waals surface area contributed by atoms with Crippen molar-refractivity contribution in [1.82, 2.24) is 19.5 Å². The number of nitrogens with one attached hydrogen (secondary N) is 1. The number of hydrogen-bond acceptors (Lipinski definition) is 6. The zero-order chi connectivity index (χ0) is 23.7. The molecule has 34 heavy (non-hydrogen) atoms. The van der Waals surface area contributed by atoms with Crippen LogP contribution in [0, 0.1) is 17.2 Å². The molecule has 2 fully saturated rings. The average molecular weight is 487 g/mol. The van der Waals surface area contributed by atoms with Crippen LogP contribution in [0.25, 0.3) is 11.2 Å². The predicted molar refractivity (Wildman–Crippen MR) is 132 cm³/mol. The van der Waals surface area contributed by atoms with Gasteiger partial charge in [-0.1, -0.05) is 24.6 Å². The Morgan fingerprint density at radius 2 is 1.97 bits per heavy atom. The second kappa shape index (κ2) is 9.76. The number of halogens is 2. The number of fused-ring (bicyclic) bond motifs is 1. The first-order valence-electron chi connectivity index (χ1n) is 12.2. The summed E-state index contributed by atoms with van der Waals surface area (Å²) in [5.74, 6) is 1.44. The molecule has 3 N–H and O–H groups in total. The van der Waals surface area contributed by atoms with E-state index in [2.05, 4.69) is 21.8 Å². The smallest absolute Gasteiger partial charge is 0.210 e. The molecule has 3 aromatic rings. The number of aromatic nitrogens is 4. The lowest BCUT2D eigenvalue weighted by atomic mass is 9.79. The number of benzene rings is 1. The zero-order valence-electron chi connectivity index (χ0n) is 19.6. The fourth-order valence-electron chi connectivity index (χ4n) is 5.23. The van der Waals surface area contributed by atoms with Crippen molar-refractivity contribution in [3.63, 3.8) is 0 Å². The Labute approximate surface area is 204 Å². The molecule has 2 aliphatic rings. The molecule has 5 rings (SSSR count). The third-order valence-electron chi connectivity index (χ3n) is 7.48. The molecule has 0 atom stereocenters. The SMILES string of the molecule is CC1(Cc2ncc3nc(Nc4cccc(Cl)c4F)n(C4CCC(CN)CC4)c3n2)CCOCC1. The number of imidazole rings is 1. The van der Waals surface area contributed by atoms with E-state index in [1.54, 1.807) is 18.3 Å². The van der Waals surface area contributed by atoms with Crippen LogP contribution in [-0.4, -0.2) is 39.3 Å². The molecule has 1 saturated carbocycles. The van der Waals surface area contributed by atoms with Crippen LogP contribution in [-0.2, 0) is 11.2 Å². The van der Waals surface area contributed by atoms with Gasteiger partial charge in [-0.15, -0.1) is 0 Å². The van der Waals surface area contributed by atoms with Gasteiger partial charge in [-0.3, -0.25) is 4.57 Å². The lowest BCUT2D eigenvalue weighted by molar-refractivity contribution is 0.0232. The maximum absolute atomic E-state index is 14.7. The van der Waals surface area contributed by atoms with E-state index in [1.165, 1.54) is 6.07 Å². The number of anilines is 2. The topological polar surface area (TPSA) is 90.9 Å². The van der Waals surface area contributed by atoms with E-state index in [9.17, 15) is 4.39 Å². The second-order valence-corrected chi connectivity index (χ2v) is 10.4. The minimum atomic E-state index is -0.492. The van der Waals surface area contributed by atoms with Gasteiger partial charge in [0.15, 0.2) is 11.5 Å².